The van der Waals surface area contributed by atoms with Gasteiger partial charge >= 0.3 is 5.69 Å². The smallest absolute Gasteiger partial charge is 0.345 e. The van der Waals surface area contributed by atoms with E-state index in [1.807, 2.05) is 11.8 Å². The number of carbonyl (C=O) groups excluding carboxylic acids is 1. The van der Waals surface area contributed by atoms with Crippen LogP contribution < -0.4 is 11.0 Å². The molecule has 2 aromatic heterocycles. The summed E-state index contributed by atoms with van der Waals surface area (Å²) in [5.74, 6) is 1.10. The van der Waals surface area contributed by atoms with E-state index in [0.717, 1.165) is 50.8 Å². The molecule has 0 radical (unpaired) electrons. The van der Waals surface area contributed by atoms with Gasteiger partial charge in [-0.05, 0) is 49.3 Å². The number of benzene rings is 1. The van der Waals surface area contributed by atoms with Crippen LogP contribution in [0.25, 0.3) is 11.0 Å². The lowest BCUT2D eigenvalue weighted by atomic mass is 9.93. The third-order valence-electron chi connectivity index (χ3n) is 7.80. The number of nitrogens with zero attached hydrogens (tertiary/aromatic N) is 6. The Kier molecular flexibility index (Phi) is 7.29. The van der Waals surface area contributed by atoms with Crippen molar-refractivity contribution >= 4 is 22.9 Å². The molecule has 1 amide bonds. The van der Waals surface area contributed by atoms with Crippen LogP contribution in [-0.2, 0) is 16.9 Å². The summed E-state index contributed by atoms with van der Waals surface area (Å²) < 4.78 is 1.57. The van der Waals surface area contributed by atoms with Crippen LogP contribution in [0, 0.1) is 5.92 Å². The molecular formula is C29H37N7O2. The standard InChI is InChI=1S/C29H37N7O2/c1-5-25(37)35-15-13-34(14-16-35)24(17-20(3)4)21-7-9-23(10-8-21)29(11-12-29)33-27-30-18-22-19-31-28(38)36(6-2)26(22)32-27/h5,7-10,18-20,24H,1,6,11-17H2,2-4H3,(H,30,32,33). The average molecular weight is 516 g/mol. The molecule has 1 aromatic carbocycles. The Hall–Kier alpha value is -3.59. The largest absolute Gasteiger partial charge is 0.349 e. The van der Waals surface area contributed by atoms with E-state index >= 15 is 0 Å². The molecule has 0 bridgehead atoms. The molecule has 2 fully saturated rings. The first-order valence-corrected chi connectivity index (χ1v) is 13.6. The van der Waals surface area contributed by atoms with Gasteiger partial charge in [-0.25, -0.2) is 14.8 Å². The minimum Gasteiger partial charge on any atom is -0.345 e. The first kappa shape index (κ1) is 26.0. The molecule has 3 aromatic rings. The van der Waals surface area contributed by atoms with Gasteiger partial charge in [0.15, 0.2) is 5.65 Å². The Labute approximate surface area is 223 Å². The summed E-state index contributed by atoms with van der Waals surface area (Å²) in [7, 11) is 0. The maximum absolute atomic E-state index is 12.2. The lowest BCUT2D eigenvalue weighted by Crippen LogP contribution is -2.49. The lowest BCUT2D eigenvalue weighted by molar-refractivity contribution is -0.128. The van der Waals surface area contributed by atoms with Crippen LogP contribution in [0.1, 0.15) is 57.2 Å². The number of fused-ring (bicyclic) bond motifs is 1. The van der Waals surface area contributed by atoms with E-state index in [9.17, 15) is 9.59 Å². The van der Waals surface area contributed by atoms with Gasteiger partial charge in [-0.1, -0.05) is 44.7 Å². The van der Waals surface area contributed by atoms with Crippen molar-refractivity contribution in [3.63, 3.8) is 0 Å². The van der Waals surface area contributed by atoms with Crippen LogP contribution in [-0.4, -0.2) is 61.4 Å². The van der Waals surface area contributed by atoms with Crippen molar-refractivity contribution in [2.45, 2.75) is 58.2 Å². The molecule has 38 heavy (non-hydrogen) atoms. The Bertz CT molecular complexity index is 1370. The van der Waals surface area contributed by atoms with E-state index in [2.05, 4.69) is 69.9 Å². The third kappa shape index (κ3) is 5.20. The summed E-state index contributed by atoms with van der Waals surface area (Å²) in [6, 6.07) is 9.29. The van der Waals surface area contributed by atoms with E-state index in [1.54, 1.807) is 10.8 Å². The van der Waals surface area contributed by atoms with Gasteiger partial charge in [-0.2, -0.15) is 4.98 Å². The zero-order valence-corrected chi connectivity index (χ0v) is 22.6. The Morgan fingerprint density at radius 3 is 2.39 bits per heavy atom. The van der Waals surface area contributed by atoms with Gasteiger partial charge in [0, 0.05) is 51.2 Å². The van der Waals surface area contributed by atoms with Gasteiger partial charge in [0.25, 0.3) is 0 Å². The highest BCUT2D eigenvalue weighted by atomic mass is 16.2. The Morgan fingerprint density at radius 1 is 1.11 bits per heavy atom. The van der Waals surface area contributed by atoms with Crippen LogP contribution in [0.4, 0.5) is 5.95 Å². The first-order valence-electron chi connectivity index (χ1n) is 13.6. The quantitative estimate of drug-likeness (QED) is 0.434. The second-order valence-corrected chi connectivity index (χ2v) is 10.8. The van der Waals surface area contributed by atoms with Crippen molar-refractivity contribution in [1.29, 1.82) is 0 Å². The minimum absolute atomic E-state index is 0.0154. The average Bonchev–Trinajstić information content (AvgIpc) is 3.72. The maximum atomic E-state index is 12.2. The number of hydrogen-bond acceptors (Lipinski definition) is 7. The molecule has 1 aliphatic heterocycles. The lowest BCUT2D eigenvalue weighted by Gasteiger charge is -2.40. The number of anilines is 1. The topological polar surface area (TPSA) is 96.3 Å². The number of hydrogen-bond donors (Lipinski definition) is 1. The summed E-state index contributed by atoms with van der Waals surface area (Å²) in [5.41, 5.74) is 2.63. The number of amides is 1. The van der Waals surface area contributed by atoms with Crippen molar-refractivity contribution in [1.82, 2.24) is 29.3 Å². The van der Waals surface area contributed by atoms with E-state index in [4.69, 9.17) is 0 Å². The van der Waals surface area contributed by atoms with Gasteiger partial charge < -0.3 is 10.2 Å². The summed E-state index contributed by atoms with van der Waals surface area (Å²) >= 11 is 0. The van der Waals surface area contributed by atoms with E-state index in [0.29, 0.717) is 30.1 Å². The molecule has 200 valence electrons. The zero-order valence-electron chi connectivity index (χ0n) is 22.6. The van der Waals surface area contributed by atoms with E-state index in [1.165, 1.54) is 23.4 Å². The van der Waals surface area contributed by atoms with E-state index in [-0.39, 0.29) is 17.1 Å². The molecule has 1 unspecified atom stereocenters. The highest BCUT2D eigenvalue weighted by Crippen LogP contribution is 2.48. The Morgan fingerprint density at radius 2 is 1.79 bits per heavy atom. The molecule has 1 saturated carbocycles. The molecule has 3 heterocycles. The van der Waals surface area contributed by atoms with Crippen molar-refractivity contribution in [2.75, 3.05) is 31.5 Å². The van der Waals surface area contributed by atoms with Crippen molar-refractivity contribution in [3.8, 4) is 0 Å². The van der Waals surface area contributed by atoms with Crippen LogP contribution in [0.3, 0.4) is 0 Å². The van der Waals surface area contributed by atoms with Crippen LogP contribution in [0.2, 0.25) is 0 Å². The molecule has 1 N–H and O–H groups in total. The third-order valence-corrected chi connectivity index (χ3v) is 7.80. The van der Waals surface area contributed by atoms with Crippen molar-refractivity contribution in [3.05, 3.63) is 70.9 Å². The van der Waals surface area contributed by atoms with E-state index < -0.39 is 0 Å². The van der Waals surface area contributed by atoms with Crippen molar-refractivity contribution in [2.24, 2.45) is 5.92 Å². The van der Waals surface area contributed by atoms with Gasteiger partial charge in [0.05, 0.1) is 10.9 Å². The fraction of sp³-hybridized carbons (Fsp3) is 0.483. The molecular weight excluding hydrogens is 478 g/mol. The minimum atomic E-state index is -0.300. The highest BCUT2D eigenvalue weighted by molar-refractivity contribution is 5.87. The summed E-state index contributed by atoms with van der Waals surface area (Å²) in [6.45, 7) is 13.8. The normalized spacial score (nSPS) is 17.9. The van der Waals surface area contributed by atoms with Gasteiger partial charge in [0.2, 0.25) is 11.9 Å². The number of carbonyl (C=O) groups is 1. The summed E-state index contributed by atoms with van der Waals surface area (Å²) in [6.07, 6.45) is 7.73. The molecule has 9 heteroatoms. The van der Waals surface area contributed by atoms with Crippen LogP contribution in [0.15, 0.2) is 54.1 Å². The Balaban J connectivity index is 1.34. The predicted octanol–water partition coefficient (Wildman–Crippen LogP) is 3.73. The SMILES string of the molecule is C=CC(=O)N1CCN(C(CC(C)C)c2ccc(C3(Nc4ncc5cnc(=O)n(CC)c5n4)CC3)cc2)CC1. The second kappa shape index (κ2) is 10.6. The fourth-order valence-electron chi connectivity index (χ4n) is 5.49. The number of piperazine rings is 1. The monoisotopic (exact) mass is 515 g/mol. The van der Waals surface area contributed by atoms with Crippen LogP contribution in [0.5, 0.6) is 0 Å². The molecule has 9 nitrogen and oxygen atoms in total. The van der Waals surface area contributed by atoms with Gasteiger partial charge in [-0.15, -0.1) is 0 Å². The number of aromatic nitrogens is 4. The molecule has 1 aliphatic carbocycles. The molecule has 0 spiro atoms. The van der Waals surface area contributed by atoms with Crippen LogP contribution >= 0.6 is 0 Å². The number of nitrogens with one attached hydrogen (secondary N) is 1. The fourth-order valence-corrected chi connectivity index (χ4v) is 5.49. The number of rotatable bonds is 9. The highest BCUT2D eigenvalue weighted by Gasteiger charge is 2.45. The predicted molar refractivity (Wildman–Crippen MR) is 149 cm³/mol. The van der Waals surface area contributed by atoms with Gasteiger partial charge in [-0.3, -0.25) is 14.3 Å². The molecule has 5 rings (SSSR count). The zero-order chi connectivity index (χ0) is 26.9. The molecule has 1 saturated heterocycles. The molecule has 2 aliphatic rings. The summed E-state index contributed by atoms with van der Waals surface area (Å²) in [5, 5.41) is 4.31. The number of aryl methyl sites for hydroxylation is 1. The summed E-state index contributed by atoms with van der Waals surface area (Å²) in [4.78, 5) is 41.7. The maximum Gasteiger partial charge on any atom is 0.349 e. The van der Waals surface area contributed by atoms with Gasteiger partial charge in [0.1, 0.15) is 0 Å². The van der Waals surface area contributed by atoms with Crippen molar-refractivity contribution < 1.29 is 4.79 Å². The molecule has 1 atom stereocenters. The second-order valence-electron chi connectivity index (χ2n) is 10.8. The first-order chi connectivity index (χ1) is 18.3.